The van der Waals surface area contributed by atoms with Crippen molar-refractivity contribution >= 4 is 65.4 Å². The molecule has 0 saturated carbocycles. The van der Waals surface area contributed by atoms with Gasteiger partial charge in [0.2, 0.25) is 3.79 Å². The second-order valence-electron chi connectivity index (χ2n) is 4.66. The number of aliphatic hydroxyl groups excluding tert-OH is 1. The number of carbonyl (C=O) groups is 1. The van der Waals surface area contributed by atoms with Crippen molar-refractivity contribution in [3.63, 3.8) is 0 Å². The molecule has 1 N–H and O–H groups in total. The summed E-state index contributed by atoms with van der Waals surface area (Å²) in [7, 11) is -2.46. The van der Waals surface area contributed by atoms with Crippen molar-refractivity contribution in [3.8, 4) is 0 Å². The minimum Gasteiger partial charge on any atom is -0.378 e. The summed E-state index contributed by atoms with van der Waals surface area (Å²) in [4.78, 5) is 12.6. The maximum Gasteiger partial charge on any atom is 0.297 e. The monoisotopic (exact) mass is 404 g/mol. The Morgan fingerprint density at radius 2 is 1.91 bits per heavy atom. The Morgan fingerprint density at radius 3 is 2.45 bits per heavy atom. The minimum absolute atomic E-state index is 0.0261. The molecule has 0 fully saturated rings. The number of aliphatic hydroxyl groups is 1. The van der Waals surface area contributed by atoms with Gasteiger partial charge in [0.05, 0.1) is 11.3 Å². The minimum atomic E-state index is -3.94. The molecular weight excluding hydrogens is 393 g/mol. The Kier molecular flexibility index (Phi) is 5.28. The molecule has 0 saturated heterocycles. The Labute approximate surface area is 148 Å². The lowest BCUT2D eigenvalue weighted by Crippen LogP contribution is -2.47. The second kappa shape index (κ2) is 6.39. The summed E-state index contributed by atoms with van der Waals surface area (Å²) in [6.07, 6.45) is 0. The van der Waals surface area contributed by atoms with Gasteiger partial charge in [0, 0.05) is 19.5 Å². The van der Waals surface area contributed by atoms with Gasteiger partial charge >= 0.3 is 0 Å². The van der Waals surface area contributed by atoms with E-state index in [-0.39, 0.29) is 12.4 Å². The number of fused-ring (bicyclic) bond motifs is 1. The highest BCUT2D eigenvalue weighted by Crippen LogP contribution is 2.65. The lowest BCUT2D eigenvalue weighted by Gasteiger charge is -2.46. The third kappa shape index (κ3) is 2.83. The van der Waals surface area contributed by atoms with Crippen LogP contribution in [0, 0.1) is 0 Å². The van der Waals surface area contributed by atoms with Gasteiger partial charge in [-0.2, -0.15) is 0 Å². The molecule has 5 nitrogen and oxygen atoms in total. The number of hydrogen-bond donors (Lipinski definition) is 1. The summed E-state index contributed by atoms with van der Waals surface area (Å²) in [5, 5.41) is 10.3. The number of benzene rings is 1. The predicted molar refractivity (Wildman–Crippen MR) is 90.5 cm³/mol. The number of hydrogen-bond acceptors (Lipinski definition) is 3. The molecule has 0 radical (unpaired) electrons. The van der Waals surface area contributed by atoms with Gasteiger partial charge < -0.3 is 9.78 Å². The number of rotatable bonds is 3. The van der Waals surface area contributed by atoms with E-state index in [2.05, 4.69) is 0 Å². The molecule has 22 heavy (non-hydrogen) atoms. The number of carbonyl (C=O) groups excluding carboxylic acids is 1. The summed E-state index contributed by atoms with van der Waals surface area (Å²) in [5.74, 6) is -2.38. The van der Waals surface area contributed by atoms with E-state index in [1.54, 1.807) is 24.3 Å². The van der Waals surface area contributed by atoms with Crippen molar-refractivity contribution in [1.29, 1.82) is 0 Å². The van der Waals surface area contributed by atoms with Crippen LogP contribution in [0.2, 0.25) is 0 Å². The lowest BCUT2D eigenvalue weighted by atomic mass is 10.1. The van der Waals surface area contributed by atoms with Gasteiger partial charge in [0.1, 0.15) is 0 Å². The molecular formula is C12H13Cl4N2O3P. The molecule has 10 heteroatoms. The maximum absolute atomic E-state index is 13.5. The molecule has 1 heterocycles. The Morgan fingerprint density at radius 1 is 1.32 bits per heavy atom. The number of alkyl halides is 4. The fourth-order valence-corrected chi connectivity index (χ4v) is 6.30. The van der Waals surface area contributed by atoms with Gasteiger partial charge in [-0.25, -0.2) is 0 Å². The zero-order valence-electron chi connectivity index (χ0n) is 11.4. The summed E-state index contributed by atoms with van der Waals surface area (Å²) in [6, 6.07) is 6.58. The standard InChI is InChI=1S/C12H13Cl4N2O3P/c1-17-9-5-3-2-4-8(9)10(19)18(7-6-13)22(17,21)11(20)12(14,15)16/h2-5,11,20H,6-7H2,1H3. The molecule has 122 valence electrons. The fraction of sp³-hybridized carbons (Fsp3) is 0.417. The average Bonchev–Trinajstić information content (AvgIpc) is 2.47. The Balaban J connectivity index is 2.66. The molecule has 2 rings (SSSR count). The molecule has 2 unspecified atom stereocenters. The van der Waals surface area contributed by atoms with E-state index in [1.165, 1.54) is 11.7 Å². The highest BCUT2D eigenvalue weighted by atomic mass is 35.6. The lowest BCUT2D eigenvalue weighted by molar-refractivity contribution is 0.0849. The number of para-hydroxylation sites is 1. The van der Waals surface area contributed by atoms with E-state index in [4.69, 9.17) is 46.4 Å². The van der Waals surface area contributed by atoms with E-state index in [0.717, 1.165) is 4.67 Å². The van der Waals surface area contributed by atoms with E-state index in [0.29, 0.717) is 11.3 Å². The Bertz CT molecular complexity index is 637. The largest absolute Gasteiger partial charge is 0.378 e. The first-order valence-electron chi connectivity index (χ1n) is 6.21. The molecule has 0 aromatic heterocycles. The van der Waals surface area contributed by atoms with Gasteiger partial charge in [-0.05, 0) is 12.1 Å². The molecule has 1 aromatic rings. The van der Waals surface area contributed by atoms with Crippen LogP contribution in [0.5, 0.6) is 0 Å². The summed E-state index contributed by atoms with van der Waals surface area (Å²) < 4.78 is 13.5. The fourth-order valence-electron chi connectivity index (χ4n) is 2.33. The van der Waals surface area contributed by atoms with Crippen LogP contribution in [-0.2, 0) is 4.57 Å². The molecule has 1 aromatic carbocycles. The van der Waals surface area contributed by atoms with E-state index >= 15 is 0 Å². The van der Waals surface area contributed by atoms with Gasteiger partial charge in [0.15, 0.2) is 5.85 Å². The van der Waals surface area contributed by atoms with Crippen molar-refractivity contribution in [1.82, 2.24) is 4.67 Å². The first-order valence-corrected chi connectivity index (χ1v) is 9.56. The maximum atomic E-state index is 13.5. The first kappa shape index (κ1) is 18.2. The van der Waals surface area contributed by atoms with Crippen LogP contribution >= 0.6 is 53.8 Å². The molecule has 0 spiro atoms. The van der Waals surface area contributed by atoms with Crippen LogP contribution < -0.4 is 4.67 Å². The SMILES string of the molecule is CN1c2ccccc2C(=O)N(CCCl)P1(=O)C(O)C(Cl)(Cl)Cl. The first-order chi connectivity index (χ1) is 10.2. The summed E-state index contributed by atoms with van der Waals surface area (Å²) in [5.41, 5.74) is 0.744. The van der Waals surface area contributed by atoms with E-state index < -0.39 is 23.0 Å². The molecule has 0 bridgehead atoms. The van der Waals surface area contributed by atoms with E-state index in [1.807, 2.05) is 0 Å². The normalized spacial score (nSPS) is 23.5. The van der Waals surface area contributed by atoms with Crippen LogP contribution in [0.1, 0.15) is 10.4 Å². The van der Waals surface area contributed by atoms with Crippen LogP contribution in [0.25, 0.3) is 0 Å². The molecule has 1 amide bonds. The molecule has 1 aliphatic heterocycles. The van der Waals surface area contributed by atoms with E-state index in [9.17, 15) is 14.5 Å². The molecule has 2 atom stereocenters. The number of halogens is 4. The smallest absolute Gasteiger partial charge is 0.297 e. The van der Waals surface area contributed by atoms with Crippen LogP contribution in [0.15, 0.2) is 24.3 Å². The molecule has 1 aliphatic rings. The second-order valence-corrected chi connectivity index (χ2v) is 10.2. The van der Waals surface area contributed by atoms with Crippen LogP contribution in [-0.4, -0.2) is 44.8 Å². The highest BCUT2D eigenvalue weighted by molar-refractivity contribution is 7.65. The zero-order valence-corrected chi connectivity index (χ0v) is 15.3. The summed E-state index contributed by atoms with van der Waals surface area (Å²) >= 11 is 22.9. The number of amides is 1. The predicted octanol–water partition coefficient (Wildman–Crippen LogP) is 3.70. The summed E-state index contributed by atoms with van der Waals surface area (Å²) in [6.45, 7) is -0.0475. The van der Waals surface area contributed by atoms with Gasteiger partial charge in [-0.3, -0.25) is 14.0 Å². The number of anilines is 1. The average molecular weight is 406 g/mol. The Hall–Kier alpha value is -0.160. The van der Waals surface area contributed by atoms with Crippen LogP contribution in [0.3, 0.4) is 0 Å². The highest BCUT2D eigenvalue weighted by Gasteiger charge is 2.55. The van der Waals surface area contributed by atoms with Gasteiger partial charge in [0.25, 0.3) is 13.4 Å². The number of nitrogens with zero attached hydrogens (tertiary/aromatic N) is 2. The van der Waals surface area contributed by atoms with Crippen molar-refractivity contribution in [2.45, 2.75) is 9.64 Å². The quantitative estimate of drug-likeness (QED) is 0.615. The van der Waals surface area contributed by atoms with Crippen molar-refractivity contribution in [3.05, 3.63) is 29.8 Å². The van der Waals surface area contributed by atoms with Crippen molar-refractivity contribution in [2.75, 3.05) is 24.1 Å². The molecule has 0 aliphatic carbocycles. The van der Waals surface area contributed by atoms with Gasteiger partial charge in [-0.1, -0.05) is 46.9 Å². The third-order valence-corrected chi connectivity index (χ3v) is 7.82. The third-order valence-electron chi connectivity index (χ3n) is 3.40. The van der Waals surface area contributed by atoms with Crippen LogP contribution in [0.4, 0.5) is 5.69 Å². The van der Waals surface area contributed by atoms with Gasteiger partial charge in [-0.15, -0.1) is 11.6 Å². The zero-order chi connectivity index (χ0) is 16.7. The van der Waals surface area contributed by atoms with Crippen molar-refractivity contribution in [2.24, 2.45) is 0 Å². The van der Waals surface area contributed by atoms with Crippen molar-refractivity contribution < 1.29 is 14.5 Å². The topological polar surface area (TPSA) is 60.9 Å².